The normalized spacial score (nSPS) is 10.5. The molecule has 1 aromatic rings. The second kappa shape index (κ2) is 7.98. The van der Waals surface area contributed by atoms with Crippen molar-refractivity contribution in [2.75, 3.05) is 19.7 Å². The van der Waals surface area contributed by atoms with Crippen molar-refractivity contribution in [3.05, 3.63) is 35.4 Å². The van der Waals surface area contributed by atoms with Gasteiger partial charge < -0.3 is 10.4 Å². The first kappa shape index (κ1) is 13.9. The fourth-order valence-corrected chi connectivity index (χ4v) is 1.58. The molecule has 94 valence electrons. The number of aliphatic hydroxyl groups excluding tert-OH is 1. The number of hydrogen-bond acceptors (Lipinski definition) is 3. The molecule has 0 spiro atoms. The van der Waals surface area contributed by atoms with Crippen molar-refractivity contribution in [3.8, 4) is 0 Å². The summed E-state index contributed by atoms with van der Waals surface area (Å²) in [5.74, 6) is 0.132. The number of hydrogen-bond donors (Lipinski definition) is 2. The zero-order chi connectivity index (χ0) is 12.5. The van der Waals surface area contributed by atoms with Gasteiger partial charge in [0.1, 0.15) is 0 Å². The molecule has 0 radical (unpaired) electrons. The Kier molecular flexibility index (Phi) is 6.51. The maximum absolute atomic E-state index is 11.7. The molecule has 0 bridgehead atoms. The molecule has 2 N–H and O–H groups in total. The topological polar surface area (TPSA) is 49.3 Å². The van der Waals surface area contributed by atoms with Gasteiger partial charge in [-0.3, -0.25) is 4.79 Å². The molecular formula is C14H21NO2. The summed E-state index contributed by atoms with van der Waals surface area (Å²) in [4.78, 5) is 11.7. The molecule has 0 atom stereocenters. The number of aryl methyl sites for hydroxylation is 1. The molecule has 0 saturated carbocycles. The van der Waals surface area contributed by atoms with Crippen LogP contribution in [0.3, 0.4) is 0 Å². The van der Waals surface area contributed by atoms with Crippen molar-refractivity contribution < 1.29 is 9.90 Å². The molecule has 0 heterocycles. The van der Waals surface area contributed by atoms with E-state index in [9.17, 15) is 4.79 Å². The summed E-state index contributed by atoms with van der Waals surface area (Å²) >= 11 is 0. The van der Waals surface area contributed by atoms with Crippen LogP contribution < -0.4 is 5.32 Å². The first-order chi connectivity index (χ1) is 8.24. The van der Waals surface area contributed by atoms with Crippen molar-refractivity contribution in [2.45, 2.75) is 26.2 Å². The van der Waals surface area contributed by atoms with Gasteiger partial charge in [-0.25, -0.2) is 0 Å². The number of benzene rings is 1. The first-order valence-electron chi connectivity index (χ1n) is 6.15. The van der Waals surface area contributed by atoms with Crippen LogP contribution in [0.15, 0.2) is 24.3 Å². The third-order valence-corrected chi connectivity index (χ3v) is 2.67. The molecular weight excluding hydrogens is 214 g/mol. The lowest BCUT2D eigenvalue weighted by atomic mass is 10.1. The Morgan fingerprint density at radius 1 is 1.18 bits per heavy atom. The second-order valence-corrected chi connectivity index (χ2v) is 4.25. The van der Waals surface area contributed by atoms with Crippen LogP contribution in [0.2, 0.25) is 0 Å². The molecule has 0 unspecified atom stereocenters. The number of carbonyl (C=O) groups excluding carboxylic acids is 1. The zero-order valence-electron chi connectivity index (χ0n) is 10.4. The lowest BCUT2D eigenvalue weighted by molar-refractivity contribution is 0.0991. The Morgan fingerprint density at radius 3 is 2.53 bits per heavy atom. The highest BCUT2D eigenvalue weighted by atomic mass is 16.2. The van der Waals surface area contributed by atoms with E-state index in [1.165, 1.54) is 5.56 Å². The van der Waals surface area contributed by atoms with Crippen molar-refractivity contribution in [2.24, 2.45) is 0 Å². The summed E-state index contributed by atoms with van der Waals surface area (Å²) in [6.07, 6.45) is 2.84. The molecule has 0 amide bonds. The maximum atomic E-state index is 11.7. The predicted molar refractivity (Wildman–Crippen MR) is 69.3 cm³/mol. The van der Waals surface area contributed by atoms with Gasteiger partial charge in [-0.2, -0.15) is 0 Å². The van der Waals surface area contributed by atoms with Gasteiger partial charge in [0.15, 0.2) is 5.78 Å². The number of ketones is 1. The summed E-state index contributed by atoms with van der Waals surface area (Å²) in [7, 11) is 0. The average Bonchev–Trinajstić information content (AvgIpc) is 2.34. The first-order valence-corrected chi connectivity index (χ1v) is 6.15. The van der Waals surface area contributed by atoms with E-state index in [1.807, 2.05) is 31.2 Å². The highest BCUT2D eigenvalue weighted by molar-refractivity contribution is 5.97. The van der Waals surface area contributed by atoms with Gasteiger partial charge in [0.2, 0.25) is 0 Å². The van der Waals surface area contributed by atoms with Crippen LogP contribution >= 0.6 is 0 Å². The number of nitrogens with one attached hydrogen (secondary N) is 1. The quantitative estimate of drug-likeness (QED) is 0.534. The van der Waals surface area contributed by atoms with Crippen LogP contribution in [0, 0.1) is 6.92 Å². The minimum Gasteiger partial charge on any atom is -0.396 e. The summed E-state index contributed by atoms with van der Waals surface area (Å²) in [6.45, 7) is 3.48. The molecule has 0 saturated heterocycles. The fraction of sp³-hybridized carbons (Fsp3) is 0.500. The Morgan fingerprint density at radius 2 is 1.88 bits per heavy atom. The van der Waals surface area contributed by atoms with E-state index in [4.69, 9.17) is 5.11 Å². The zero-order valence-corrected chi connectivity index (χ0v) is 10.4. The van der Waals surface area contributed by atoms with Gasteiger partial charge in [0, 0.05) is 12.2 Å². The second-order valence-electron chi connectivity index (χ2n) is 4.25. The molecule has 3 nitrogen and oxygen atoms in total. The van der Waals surface area contributed by atoms with Crippen LogP contribution in [-0.2, 0) is 0 Å². The van der Waals surface area contributed by atoms with E-state index in [-0.39, 0.29) is 12.4 Å². The Bertz CT molecular complexity index is 333. The van der Waals surface area contributed by atoms with Crippen molar-refractivity contribution in [3.63, 3.8) is 0 Å². The van der Waals surface area contributed by atoms with E-state index >= 15 is 0 Å². The summed E-state index contributed by atoms with van der Waals surface area (Å²) in [5.41, 5.74) is 1.93. The monoisotopic (exact) mass is 235 g/mol. The average molecular weight is 235 g/mol. The largest absolute Gasteiger partial charge is 0.396 e. The van der Waals surface area contributed by atoms with Crippen LogP contribution in [0.4, 0.5) is 0 Å². The summed E-state index contributed by atoms with van der Waals surface area (Å²) in [5, 5.41) is 11.7. The standard InChI is InChI=1S/C14H21NO2/c1-12-5-7-13(8-6-12)14(17)11-15-9-3-2-4-10-16/h5-8,15-16H,2-4,9-11H2,1H3. The number of unbranched alkanes of at least 4 members (excludes halogenated alkanes) is 2. The fourth-order valence-electron chi connectivity index (χ4n) is 1.58. The van der Waals surface area contributed by atoms with Gasteiger partial charge in [-0.05, 0) is 32.7 Å². The number of carbonyl (C=O) groups is 1. The molecule has 0 aliphatic heterocycles. The number of rotatable bonds is 8. The van der Waals surface area contributed by atoms with Crippen molar-refractivity contribution in [1.82, 2.24) is 5.32 Å². The van der Waals surface area contributed by atoms with Crippen LogP contribution in [-0.4, -0.2) is 30.6 Å². The third kappa shape index (κ3) is 5.61. The third-order valence-electron chi connectivity index (χ3n) is 2.67. The molecule has 1 rings (SSSR count). The molecule has 0 aromatic heterocycles. The maximum Gasteiger partial charge on any atom is 0.176 e. The number of aliphatic hydroxyl groups is 1. The Labute approximate surface area is 103 Å². The van der Waals surface area contributed by atoms with Crippen LogP contribution in [0.25, 0.3) is 0 Å². The Hall–Kier alpha value is -1.19. The molecule has 0 aliphatic carbocycles. The van der Waals surface area contributed by atoms with E-state index in [0.717, 1.165) is 31.4 Å². The summed E-state index contributed by atoms with van der Waals surface area (Å²) < 4.78 is 0. The van der Waals surface area contributed by atoms with Crippen LogP contribution in [0.5, 0.6) is 0 Å². The highest BCUT2D eigenvalue weighted by Crippen LogP contribution is 2.03. The van der Waals surface area contributed by atoms with Crippen molar-refractivity contribution in [1.29, 1.82) is 0 Å². The number of Topliss-reactive ketones (excluding diaryl/α,β-unsaturated/α-hetero) is 1. The van der Waals surface area contributed by atoms with Gasteiger partial charge >= 0.3 is 0 Å². The highest BCUT2D eigenvalue weighted by Gasteiger charge is 2.03. The van der Waals surface area contributed by atoms with E-state index < -0.39 is 0 Å². The smallest absolute Gasteiger partial charge is 0.176 e. The van der Waals surface area contributed by atoms with Gasteiger partial charge in [-0.15, -0.1) is 0 Å². The minimum absolute atomic E-state index is 0.132. The molecule has 17 heavy (non-hydrogen) atoms. The molecule has 1 aromatic carbocycles. The minimum atomic E-state index is 0.132. The SMILES string of the molecule is Cc1ccc(C(=O)CNCCCCCO)cc1. The summed E-state index contributed by atoms with van der Waals surface area (Å²) in [6, 6.07) is 7.64. The van der Waals surface area contributed by atoms with E-state index in [0.29, 0.717) is 6.54 Å². The van der Waals surface area contributed by atoms with Gasteiger partial charge in [0.05, 0.1) is 6.54 Å². The van der Waals surface area contributed by atoms with Gasteiger partial charge in [0.25, 0.3) is 0 Å². The van der Waals surface area contributed by atoms with E-state index in [2.05, 4.69) is 5.32 Å². The van der Waals surface area contributed by atoms with Crippen LogP contribution in [0.1, 0.15) is 35.2 Å². The lowest BCUT2D eigenvalue weighted by Crippen LogP contribution is -2.24. The molecule has 0 aliphatic rings. The molecule has 0 fully saturated rings. The Balaban J connectivity index is 2.19. The van der Waals surface area contributed by atoms with E-state index in [1.54, 1.807) is 0 Å². The predicted octanol–water partition coefficient (Wildman–Crippen LogP) is 1.93. The lowest BCUT2D eigenvalue weighted by Gasteiger charge is -2.04. The molecule has 3 heteroatoms. The van der Waals surface area contributed by atoms with Crippen molar-refractivity contribution >= 4 is 5.78 Å². The van der Waals surface area contributed by atoms with Gasteiger partial charge in [-0.1, -0.05) is 29.8 Å².